The lowest BCUT2D eigenvalue weighted by Crippen LogP contribution is -2.02. The molecule has 0 aromatic heterocycles. The Labute approximate surface area is 44.4 Å². The largest absolute Gasteiger partial charge is 0.673 e. The lowest BCUT2D eigenvalue weighted by atomic mass is 10.3. The van der Waals surface area contributed by atoms with Gasteiger partial charge in [-0.05, 0) is 6.26 Å². The molecule has 0 atom stereocenters. The molecule has 0 heterocycles. The summed E-state index contributed by atoms with van der Waals surface area (Å²) in [7, 11) is -6.00. The number of halogens is 4. The van der Waals surface area contributed by atoms with Crippen LogP contribution >= 0.6 is 12.6 Å². The summed E-state index contributed by atoms with van der Waals surface area (Å²) in [6.45, 7) is 0. The van der Waals surface area contributed by atoms with Gasteiger partial charge in [-0.15, -0.1) is 0 Å². The molecule has 0 spiro atoms. The van der Waals surface area contributed by atoms with Crippen LogP contribution in [0.1, 0.15) is 0 Å². The van der Waals surface area contributed by atoms with E-state index in [4.69, 9.17) is 0 Å². The van der Waals surface area contributed by atoms with Crippen molar-refractivity contribution >= 4 is 19.9 Å². The Kier molecular flexibility index (Phi) is 6.25. The van der Waals surface area contributed by atoms with E-state index >= 15 is 0 Å². The first-order chi connectivity index (χ1) is 3.00. The van der Waals surface area contributed by atoms with Crippen molar-refractivity contribution in [2.75, 3.05) is 6.26 Å². The van der Waals surface area contributed by atoms with E-state index in [1.807, 2.05) is 0 Å². The summed E-state index contributed by atoms with van der Waals surface area (Å²) < 4.78 is 39.0. The summed E-state index contributed by atoms with van der Waals surface area (Å²) in [5.41, 5.74) is 0. The molecule has 0 radical (unpaired) electrons. The second kappa shape index (κ2) is 4.30. The van der Waals surface area contributed by atoms with Crippen LogP contribution in [0.3, 0.4) is 0 Å². The minimum absolute atomic E-state index is 1.69. The molecule has 6 heteroatoms. The lowest BCUT2D eigenvalue weighted by Gasteiger charge is -1.94. The van der Waals surface area contributed by atoms with Crippen molar-refractivity contribution in [1.82, 2.24) is 0 Å². The van der Waals surface area contributed by atoms with Gasteiger partial charge in [0.2, 0.25) is 0 Å². The Bertz CT molecular complexity index is 27.2. The molecule has 0 saturated heterocycles. The highest BCUT2D eigenvalue weighted by atomic mass is 32.1. The van der Waals surface area contributed by atoms with Gasteiger partial charge in [0.15, 0.2) is 0 Å². The number of hydrogen-bond donors (Lipinski definition) is 1. The standard InChI is InChI=1S/CH4S.BF4/c1-2;2-1(3,4)5/h2H,1H3;/q;-1. The van der Waals surface area contributed by atoms with Crippen LogP contribution in [0.25, 0.3) is 0 Å². The van der Waals surface area contributed by atoms with E-state index in [9.17, 15) is 17.3 Å². The first-order valence-electron chi connectivity index (χ1n) is 1.32. The topological polar surface area (TPSA) is 0 Å². The number of hydrogen-bond acceptors (Lipinski definition) is 1. The maximum Gasteiger partial charge on any atom is 0.673 e. The van der Waals surface area contributed by atoms with Gasteiger partial charge < -0.3 is 17.3 Å². The molecule has 7 heavy (non-hydrogen) atoms. The molecular formula is CH4BF4S-. The van der Waals surface area contributed by atoms with Gasteiger partial charge >= 0.3 is 7.25 Å². The van der Waals surface area contributed by atoms with Crippen LogP contribution in [-0.4, -0.2) is 13.5 Å². The predicted octanol–water partition coefficient (Wildman–Crippen LogP) is 1.85. The number of rotatable bonds is 0. The number of thiol groups is 1. The third-order valence-electron chi connectivity index (χ3n) is 0. The minimum Gasteiger partial charge on any atom is -0.418 e. The highest BCUT2D eigenvalue weighted by Crippen LogP contribution is 2.06. The fraction of sp³-hybridized carbons (Fsp3) is 1.00. The first kappa shape index (κ1) is 10.2. The van der Waals surface area contributed by atoms with Crippen LogP contribution in [0.15, 0.2) is 0 Å². The van der Waals surface area contributed by atoms with Gasteiger partial charge in [-0.25, -0.2) is 0 Å². The van der Waals surface area contributed by atoms with Crippen molar-refractivity contribution in [1.29, 1.82) is 0 Å². The zero-order valence-corrected chi connectivity index (χ0v) is 4.43. The van der Waals surface area contributed by atoms with Gasteiger partial charge in [-0.1, -0.05) is 0 Å². The summed E-state index contributed by atoms with van der Waals surface area (Å²) in [6, 6.07) is 0. The van der Waals surface area contributed by atoms with E-state index in [0.717, 1.165) is 0 Å². The second-order valence-electron chi connectivity index (χ2n) is 0.495. The molecule has 0 nitrogen and oxygen atoms in total. The Balaban J connectivity index is 0. The molecule has 0 aliphatic heterocycles. The Morgan fingerprint density at radius 1 is 1.00 bits per heavy atom. The van der Waals surface area contributed by atoms with Crippen LogP contribution in [0.4, 0.5) is 17.3 Å². The molecule has 0 rings (SSSR count). The van der Waals surface area contributed by atoms with Gasteiger partial charge in [0, 0.05) is 0 Å². The molecule has 0 saturated carbocycles. The molecule has 0 aromatic rings. The van der Waals surface area contributed by atoms with Gasteiger partial charge in [-0.2, -0.15) is 12.6 Å². The molecule has 0 aromatic carbocycles. The van der Waals surface area contributed by atoms with Gasteiger partial charge in [0.05, 0.1) is 0 Å². The fourth-order valence-corrected chi connectivity index (χ4v) is 0. The van der Waals surface area contributed by atoms with Crippen molar-refractivity contribution in [2.24, 2.45) is 0 Å². The highest BCUT2D eigenvalue weighted by Gasteiger charge is 2.20. The maximum atomic E-state index is 9.75. The highest BCUT2D eigenvalue weighted by molar-refractivity contribution is 7.79. The molecule has 46 valence electrons. The third-order valence-corrected chi connectivity index (χ3v) is 0. The van der Waals surface area contributed by atoms with Crippen molar-refractivity contribution in [3.05, 3.63) is 0 Å². The monoisotopic (exact) mass is 135 g/mol. The molecular weight excluding hydrogens is 131 g/mol. The van der Waals surface area contributed by atoms with Crippen molar-refractivity contribution in [3.63, 3.8) is 0 Å². The zero-order chi connectivity index (χ0) is 6.50. The molecule has 0 fully saturated rings. The SMILES string of the molecule is CS.F[B-](F)(F)F. The van der Waals surface area contributed by atoms with Crippen LogP contribution in [-0.2, 0) is 0 Å². The summed E-state index contributed by atoms with van der Waals surface area (Å²) in [6.07, 6.45) is 1.69. The molecule has 0 aliphatic rings. The fourth-order valence-electron chi connectivity index (χ4n) is 0. The molecule has 0 aliphatic carbocycles. The predicted molar refractivity (Wildman–Crippen MR) is 25.1 cm³/mol. The van der Waals surface area contributed by atoms with Gasteiger partial charge in [-0.3, -0.25) is 0 Å². The van der Waals surface area contributed by atoms with Gasteiger partial charge in [0.1, 0.15) is 0 Å². The third kappa shape index (κ3) is 5760. The lowest BCUT2D eigenvalue weighted by molar-refractivity contribution is 0.368. The summed E-state index contributed by atoms with van der Waals surface area (Å²) in [5, 5.41) is 0. The van der Waals surface area contributed by atoms with Crippen LogP contribution < -0.4 is 0 Å². The minimum atomic E-state index is -6.00. The van der Waals surface area contributed by atoms with E-state index in [-0.39, 0.29) is 0 Å². The summed E-state index contributed by atoms with van der Waals surface area (Å²) >= 11 is 3.53. The van der Waals surface area contributed by atoms with E-state index in [1.54, 1.807) is 6.26 Å². The summed E-state index contributed by atoms with van der Waals surface area (Å²) in [4.78, 5) is 0. The van der Waals surface area contributed by atoms with Crippen molar-refractivity contribution in [3.8, 4) is 0 Å². The smallest absolute Gasteiger partial charge is 0.418 e. The summed E-state index contributed by atoms with van der Waals surface area (Å²) in [5.74, 6) is 0. The van der Waals surface area contributed by atoms with Crippen molar-refractivity contribution in [2.45, 2.75) is 0 Å². The normalized spacial score (nSPS) is 9.43. The van der Waals surface area contributed by atoms with Gasteiger partial charge in [0.25, 0.3) is 0 Å². The zero-order valence-electron chi connectivity index (χ0n) is 3.54. The Morgan fingerprint density at radius 2 is 1.00 bits per heavy atom. The van der Waals surface area contributed by atoms with E-state index < -0.39 is 7.25 Å². The quantitative estimate of drug-likeness (QED) is 0.292. The average Bonchev–Trinajstić information content (AvgIpc) is 1.36. The Morgan fingerprint density at radius 3 is 1.00 bits per heavy atom. The van der Waals surface area contributed by atoms with E-state index in [1.165, 1.54) is 0 Å². The van der Waals surface area contributed by atoms with Crippen LogP contribution in [0.5, 0.6) is 0 Å². The molecule has 0 unspecified atom stereocenters. The van der Waals surface area contributed by atoms with Crippen LogP contribution in [0.2, 0.25) is 0 Å². The Hall–Kier alpha value is 0.135. The second-order valence-corrected chi connectivity index (χ2v) is 0.495. The van der Waals surface area contributed by atoms with Crippen LogP contribution in [0, 0.1) is 0 Å². The maximum absolute atomic E-state index is 9.75. The van der Waals surface area contributed by atoms with E-state index in [2.05, 4.69) is 12.6 Å². The van der Waals surface area contributed by atoms with E-state index in [0.29, 0.717) is 0 Å². The van der Waals surface area contributed by atoms with Crippen molar-refractivity contribution < 1.29 is 17.3 Å². The average molecular weight is 135 g/mol. The molecule has 0 N–H and O–H groups in total. The molecule has 0 bridgehead atoms. The first-order valence-corrected chi connectivity index (χ1v) is 2.21. The molecule has 0 amide bonds.